The van der Waals surface area contributed by atoms with Crippen molar-refractivity contribution in [2.75, 3.05) is 32.7 Å². The van der Waals surface area contributed by atoms with Gasteiger partial charge in [-0.1, -0.05) is 25.5 Å². The van der Waals surface area contributed by atoms with Gasteiger partial charge < -0.3 is 5.32 Å². The fourth-order valence-electron chi connectivity index (χ4n) is 2.20. The topological polar surface area (TPSA) is 15.3 Å². The maximum Gasteiger partial charge on any atom is 0.0193 e. The van der Waals surface area contributed by atoms with Crippen molar-refractivity contribution in [1.29, 1.82) is 0 Å². The summed E-state index contributed by atoms with van der Waals surface area (Å²) in [5.41, 5.74) is 1.69. The van der Waals surface area contributed by atoms with Crippen molar-refractivity contribution in [3.63, 3.8) is 0 Å². The van der Waals surface area contributed by atoms with Gasteiger partial charge in [0.05, 0.1) is 0 Å². The first-order valence-corrected chi connectivity index (χ1v) is 6.56. The van der Waals surface area contributed by atoms with Crippen LogP contribution in [0.15, 0.2) is 11.6 Å². The number of rotatable bonds is 2. The second-order valence-electron chi connectivity index (χ2n) is 4.13. The molecule has 1 aliphatic heterocycles. The predicted octanol–water partition coefficient (Wildman–Crippen LogP) is 2.42. The van der Waals surface area contributed by atoms with E-state index in [1.807, 2.05) is 13.8 Å². The Labute approximate surface area is 94.7 Å². The van der Waals surface area contributed by atoms with Crippen LogP contribution in [0.1, 0.15) is 39.5 Å². The van der Waals surface area contributed by atoms with Crippen molar-refractivity contribution in [3.05, 3.63) is 11.6 Å². The van der Waals surface area contributed by atoms with Gasteiger partial charge in [0.1, 0.15) is 0 Å². The quantitative estimate of drug-likeness (QED) is 0.704. The molecule has 1 heterocycles. The largest absolute Gasteiger partial charge is 0.314 e. The zero-order valence-electron chi connectivity index (χ0n) is 10.4. The van der Waals surface area contributed by atoms with Crippen LogP contribution >= 0.6 is 0 Å². The van der Waals surface area contributed by atoms with Crippen LogP contribution in [0.4, 0.5) is 0 Å². The second kappa shape index (κ2) is 7.89. The standard InChI is InChI=1S/C11H20N2.C2H6/c1-2-4-11(5-3-1)10-13-8-6-12-7-9-13;1-2/h4,12H,1-3,5-10H2;1-2H3. The van der Waals surface area contributed by atoms with Gasteiger partial charge in [-0.3, -0.25) is 4.90 Å². The summed E-state index contributed by atoms with van der Waals surface area (Å²) in [5, 5.41) is 3.39. The SMILES string of the molecule is C1=C(CN2CCNCC2)CCCC1.CC. The Morgan fingerprint density at radius 2 is 1.93 bits per heavy atom. The van der Waals surface area contributed by atoms with Crippen molar-refractivity contribution >= 4 is 0 Å². The summed E-state index contributed by atoms with van der Waals surface area (Å²) >= 11 is 0. The van der Waals surface area contributed by atoms with Crippen molar-refractivity contribution < 1.29 is 0 Å². The molecule has 2 aliphatic rings. The van der Waals surface area contributed by atoms with E-state index in [0.717, 1.165) is 0 Å². The lowest BCUT2D eigenvalue weighted by molar-refractivity contribution is 0.256. The van der Waals surface area contributed by atoms with Gasteiger partial charge in [0.25, 0.3) is 0 Å². The van der Waals surface area contributed by atoms with Gasteiger partial charge in [-0.2, -0.15) is 0 Å². The third-order valence-corrected chi connectivity index (χ3v) is 3.02. The Kier molecular flexibility index (Phi) is 6.69. The first kappa shape index (κ1) is 12.7. The fraction of sp³-hybridized carbons (Fsp3) is 0.846. The minimum absolute atomic E-state index is 1.17. The van der Waals surface area contributed by atoms with E-state index in [2.05, 4.69) is 16.3 Å². The molecule has 0 atom stereocenters. The lowest BCUT2D eigenvalue weighted by Gasteiger charge is -2.29. The number of piperazine rings is 1. The molecule has 1 N–H and O–H groups in total. The Morgan fingerprint density at radius 3 is 2.53 bits per heavy atom. The van der Waals surface area contributed by atoms with E-state index in [-0.39, 0.29) is 0 Å². The number of hydrogen-bond acceptors (Lipinski definition) is 2. The van der Waals surface area contributed by atoms with Crippen LogP contribution in [-0.4, -0.2) is 37.6 Å². The summed E-state index contributed by atoms with van der Waals surface area (Å²) in [7, 11) is 0. The molecule has 15 heavy (non-hydrogen) atoms. The molecular formula is C13H26N2. The lowest BCUT2D eigenvalue weighted by atomic mass is 9.99. The van der Waals surface area contributed by atoms with E-state index in [4.69, 9.17) is 0 Å². The summed E-state index contributed by atoms with van der Waals surface area (Å²) in [5.74, 6) is 0. The molecule has 0 amide bonds. The van der Waals surface area contributed by atoms with Crippen LogP contribution in [-0.2, 0) is 0 Å². The maximum atomic E-state index is 3.39. The molecule has 0 bridgehead atoms. The number of nitrogens with one attached hydrogen (secondary N) is 1. The predicted molar refractivity (Wildman–Crippen MR) is 67.2 cm³/mol. The molecule has 1 fully saturated rings. The van der Waals surface area contributed by atoms with Crippen LogP contribution in [0.5, 0.6) is 0 Å². The van der Waals surface area contributed by atoms with Crippen molar-refractivity contribution in [2.45, 2.75) is 39.5 Å². The average Bonchev–Trinajstić information content (AvgIpc) is 2.34. The Balaban J connectivity index is 0.000000531. The van der Waals surface area contributed by atoms with E-state index in [1.54, 1.807) is 5.57 Å². The highest BCUT2D eigenvalue weighted by atomic mass is 15.2. The Hall–Kier alpha value is -0.340. The van der Waals surface area contributed by atoms with Crippen LogP contribution in [0, 0.1) is 0 Å². The molecule has 0 aromatic rings. The van der Waals surface area contributed by atoms with Crippen molar-refractivity contribution in [3.8, 4) is 0 Å². The smallest absolute Gasteiger partial charge is 0.0193 e. The molecule has 0 aromatic heterocycles. The number of allylic oxidation sites excluding steroid dienone is 1. The van der Waals surface area contributed by atoms with E-state index in [1.165, 1.54) is 58.4 Å². The van der Waals surface area contributed by atoms with E-state index in [0.29, 0.717) is 0 Å². The third-order valence-electron chi connectivity index (χ3n) is 3.02. The van der Waals surface area contributed by atoms with Gasteiger partial charge in [-0.25, -0.2) is 0 Å². The molecule has 2 rings (SSSR count). The maximum absolute atomic E-state index is 3.39. The second-order valence-corrected chi connectivity index (χ2v) is 4.13. The van der Waals surface area contributed by atoms with Crippen molar-refractivity contribution in [2.24, 2.45) is 0 Å². The van der Waals surface area contributed by atoms with E-state index in [9.17, 15) is 0 Å². The summed E-state index contributed by atoms with van der Waals surface area (Å²) in [6, 6.07) is 0. The lowest BCUT2D eigenvalue weighted by Crippen LogP contribution is -2.44. The summed E-state index contributed by atoms with van der Waals surface area (Å²) in [4.78, 5) is 2.58. The van der Waals surface area contributed by atoms with E-state index < -0.39 is 0 Å². The van der Waals surface area contributed by atoms with Crippen LogP contribution in [0.25, 0.3) is 0 Å². The summed E-state index contributed by atoms with van der Waals surface area (Å²) < 4.78 is 0. The summed E-state index contributed by atoms with van der Waals surface area (Å²) in [6.45, 7) is 10.1. The van der Waals surface area contributed by atoms with Gasteiger partial charge in [0.2, 0.25) is 0 Å². The van der Waals surface area contributed by atoms with Crippen molar-refractivity contribution in [1.82, 2.24) is 10.2 Å². The molecule has 0 aromatic carbocycles. The molecule has 0 spiro atoms. The molecule has 0 unspecified atom stereocenters. The first-order valence-electron chi connectivity index (χ1n) is 6.56. The molecule has 0 radical (unpaired) electrons. The Morgan fingerprint density at radius 1 is 1.20 bits per heavy atom. The van der Waals surface area contributed by atoms with Crippen LogP contribution in [0.3, 0.4) is 0 Å². The normalized spacial score (nSPS) is 22.7. The van der Waals surface area contributed by atoms with Crippen LogP contribution < -0.4 is 5.32 Å². The molecule has 2 nitrogen and oxygen atoms in total. The third kappa shape index (κ3) is 4.80. The summed E-state index contributed by atoms with van der Waals surface area (Å²) in [6.07, 6.45) is 7.96. The van der Waals surface area contributed by atoms with Gasteiger partial charge in [-0.05, 0) is 25.7 Å². The molecule has 1 saturated heterocycles. The molecule has 0 saturated carbocycles. The van der Waals surface area contributed by atoms with Gasteiger partial charge in [0.15, 0.2) is 0 Å². The monoisotopic (exact) mass is 210 g/mol. The zero-order chi connectivity index (χ0) is 10.9. The van der Waals surface area contributed by atoms with Gasteiger partial charge in [-0.15, -0.1) is 0 Å². The molecule has 88 valence electrons. The zero-order valence-corrected chi connectivity index (χ0v) is 10.4. The minimum atomic E-state index is 1.17. The van der Waals surface area contributed by atoms with E-state index >= 15 is 0 Å². The van der Waals surface area contributed by atoms with Gasteiger partial charge >= 0.3 is 0 Å². The number of hydrogen-bond donors (Lipinski definition) is 1. The molecular weight excluding hydrogens is 184 g/mol. The van der Waals surface area contributed by atoms with Gasteiger partial charge in [0, 0.05) is 32.7 Å². The average molecular weight is 210 g/mol. The fourth-order valence-corrected chi connectivity index (χ4v) is 2.20. The number of nitrogens with zero attached hydrogens (tertiary/aromatic N) is 1. The highest BCUT2D eigenvalue weighted by Gasteiger charge is 2.12. The minimum Gasteiger partial charge on any atom is -0.314 e. The van der Waals surface area contributed by atoms with Crippen LogP contribution in [0.2, 0.25) is 0 Å². The first-order chi connectivity index (χ1) is 7.45. The molecule has 2 heteroatoms. The molecule has 1 aliphatic carbocycles. The Bertz CT molecular complexity index is 181. The highest BCUT2D eigenvalue weighted by Crippen LogP contribution is 2.18. The highest BCUT2D eigenvalue weighted by molar-refractivity contribution is 5.07.